The van der Waals surface area contributed by atoms with E-state index in [1.807, 2.05) is 34.6 Å². The average molecular weight is 255 g/mol. The third-order valence-electron chi connectivity index (χ3n) is 3.38. The fourth-order valence-electron chi connectivity index (χ4n) is 2.41. The van der Waals surface area contributed by atoms with E-state index in [0.717, 1.165) is 12.8 Å². The summed E-state index contributed by atoms with van der Waals surface area (Å²) in [5.74, 6) is 0.215. The number of rotatable bonds is 2. The maximum Gasteiger partial charge on any atom is 0.410 e. The maximum absolute atomic E-state index is 12.1. The van der Waals surface area contributed by atoms with Crippen molar-refractivity contribution in [1.82, 2.24) is 4.90 Å². The van der Waals surface area contributed by atoms with Gasteiger partial charge < -0.3 is 9.64 Å². The van der Waals surface area contributed by atoms with Gasteiger partial charge in [0, 0.05) is 24.9 Å². The third-order valence-corrected chi connectivity index (χ3v) is 3.38. The van der Waals surface area contributed by atoms with Crippen molar-refractivity contribution in [2.75, 3.05) is 6.54 Å². The lowest BCUT2D eigenvalue weighted by Crippen LogP contribution is -2.50. The molecule has 0 unspecified atom stereocenters. The van der Waals surface area contributed by atoms with Crippen LogP contribution in [0.5, 0.6) is 0 Å². The van der Waals surface area contributed by atoms with Crippen LogP contribution >= 0.6 is 0 Å². The summed E-state index contributed by atoms with van der Waals surface area (Å²) in [6.45, 7) is 10.1. The molecule has 4 heteroatoms. The van der Waals surface area contributed by atoms with Crippen LogP contribution in [0.4, 0.5) is 4.79 Å². The summed E-state index contributed by atoms with van der Waals surface area (Å²) in [5.41, 5.74) is -0.488. The van der Waals surface area contributed by atoms with Gasteiger partial charge in [0.2, 0.25) is 0 Å². The number of hydrogen-bond donors (Lipinski definition) is 0. The van der Waals surface area contributed by atoms with Gasteiger partial charge in [-0.05, 0) is 40.5 Å². The minimum absolute atomic E-state index is 0.0312. The number of carbonyl (C=O) groups is 2. The first-order valence-electron chi connectivity index (χ1n) is 6.78. The topological polar surface area (TPSA) is 46.6 Å². The average Bonchev–Trinajstić information content (AvgIpc) is 2.26. The lowest BCUT2D eigenvalue weighted by molar-refractivity contribution is -0.125. The van der Waals surface area contributed by atoms with E-state index in [-0.39, 0.29) is 23.8 Å². The minimum atomic E-state index is -0.488. The predicted molar refractivity (Wildman–Crippen MR) is 70.4 cm³/mol. The van der Waals surface area contributed by atoms with Gasteiger partial charge in [0.05, 0.1) is 0 Å². The number of carbonyl (C=O) groups excluding carboxylic acids is 2. The molecule has 0 aliphatic carbocycles. The van der Waals surface area contributed by atoms with Crippen molar-refractivity contribution in [3.63, 3.8) is 0 Å². The summed E-state index contributed by atoms with van der Waals surface area (Å²) in [6, 6.07) is -0.0546. The van der Waals surface area contributed by atoms with Crippen LogP contribution in [0.1, 0.15) is 53.9 Å². The molecule has 1 saturated heterocycles. The SMILES string of the molecule is CCC(=O)[C@@H]1CCCN(C(=O)OC(C)(C)C)[C@@H]1C. The first-order chi connectivity index (χ1) is 8.26. The summed E-state index contributed by atoms with van der Waals surface area (Å²) < 4.78 is 5.39. The van der Waals surface area contributed by atoms with E-state index >= 15 is 0 Å². The summed E-state index contributed by atoms with van der Waals surface area (Å²) in [6.07, 6.45) is 1.99. The molecule has 0 aromatic rings. The lowest BCUT2D eigenvalue weighted by atomic mass is 9.86. The van der Waals surface area contributed by atoms with Crippen molar-refractivity contribution >= 4 is 11.9 Å². The van der Waals surface area contributed by atoms with E-state index in [1.165, 1.54) is 0 Å². The Morgan fingerprint density at radius 2 is 1.94 bits per heavy atom. The number of hydrogen-bond acceptors (Lipinski definition) is 3. The largest absolute Gasteiger partial charge is 0.444 e. The van der Waals surface area contributed by atoms with E-state index in [0.29, 0.717) is 13.0 Å². The second-order valence-electron chi connectivity index (χ2n) is 5.98. The van der Waals surface area contributed by atoms with E-state index in [4.69, 9.17) is 4.74 Å². The molecule has 1 fully saturated rings. The summed E-state index contributed by atoms with van der Waals surface area (Å²) in [5, 5.41) is 0. The molecule has 1 rings (SSSR count). The van der Waals surface area contributed by atoms with Crippen LogP contribution in [0.3, 0.4) is 0 Å². The Bertz CT molecular complexity index is 319. The molecule has 1 aliphatic heterocycles. The Morgan fingerprint density at radius 1 is 1.33 bits per heavy atom. The van der Waals surface area contributed by atoms with Crippen LogP contribution in [0.25, 0.3) is 0 Å². The number of amides is 1. The minimum Gasteiger partial charge on any atom is -0.444 e. The molecule has 0 aromatic heterocycles. The number of nitrogens with zero attached hydrogens (tertiary/aromatic N) is 1. The van der Waals surface area contributed by atoms with Crippen LogP contribution in [-0.4, -0.2) is 35.0 Å². The number of Topliss-reactive ketones (excluding diaryl/α,β-unsaturated/α-hetero) is 1. The highest BCUT2D eigenvalue weighted by Gasteiger charge is 2.36. The first kappa shape index (κ1) is 15.0. The van der Waals surface area contributed by atoms with Gasteiger partial charge in [-0.25, -0.2) is 4.79 Å². The second-order valence-corrected chi connectivity index (χ2v) is 5.98. The zero-order valence-electron chi connectivity index (χ0n) is 12.2. The zero-order chi connectivity index (χ0) is 13.9. The summed E-state index contributed by atoms with van der Waals surface area (Å²) in [7, 11) is 0. The Morgan fingerprint density at radius 3 is 2.44 bits per heavy atom. The van der Waals surface area contributed by atoms with Crippen LogP contribution in [0, 0.1) is 5.92 Å². The summed E-state index contributed by atoms with van der Waals surface area (Å²) >= 11 is 0. The molecule has 0 saturated carbocycles. The second kappa shape index (κ2) is 5.72. The van der Waals surface area contributed by atoms with Crippen LogP contribution in [0.2, 0.25) is 0 Å². The van der Waals surface area contributed by atoms with Gasteiger partial charge >= 0.3 is 6.09 Å². The molecule has 0 spiro atoms. The van der Waals surface area contributed by atoms with Crippen molar-refractivity contribution in [2.45, 2.75) is 65.5 Å². The van der Waals surface area contributed by atoms with E-state index in [2.05, 4.69) is 0 Å². The van der Waals surface area contributed by atoms with Crippen molar-refractivity contribution in [3.8, 4) is 0 Å². The van der Waals surface area contributed by atoms with Crippen molar-refractivity contribution in [3.05, 3.63) is 0 Å². The van der Waals surface area contributed by atoms with E-state index < -0.39 is 5.60 Å². The number of ketones is 1. The van der Waals surface area contributed by atoms with Gasteiger partial charge in [0.15, 0.2) is 0 Å². The molecule has 1 heterocycles. The highest BCUT2D eigenvalue weighted by Crippen LogP contribution is 2.26. The highest BCUT2D eigenvalue weighted by molar-refractivity contribution is 5.82. The normalized spacial score (nSPS) is 24.8. The number of ether oxygens (including phenoxy) is 1. The quantitative estimate of drug-likeness (QED) is 0.762. The molecule has 18 heavy (non-hydrogen) atoms. The van der Waals surface area contributed by atoms with Crippen molar-refractivity contribution in [1.29, 1.82) is 0 Å². The number of likely N-dealkylation sites (tertiary alicyclic amines) is 1. The zero-order valence-corrected chi connectivity index (χ0v) is 12.2. The maximum atomic E-state index is 12.1. The van der Waals surface area contributed by atoms with Gasteiger partial charge in [0.1, 0.15) is 11.4 Å². The highest BCUT2D eigenvalue weighted by atomic mass is 16.6. The third kappa shape index (κ3) is 3.72. The van der Waals surface area contributed by atoms with Gasteiger partial charge in [-0.15, -0.1) is 0 Å². The monoisotopic (exact) mass is 255 g/mol. The Hall–Kier alpha value is -1.06. The first-order valence-corrected chi connectivity index (χ1v) is 6.78. The van der Waals surface area contributed by atoms with E-state index in [1.54, 1.807) is 4.90 Å². The van der Waals surface area contributed by atoms with Gasteiger partial charge in [-0.2, -0.15) is 0 Å². The molecule has 4 nitrogen and oxygen atoms in total. The molecule has 0 N–H and O–H groups in total. The van der Waals surface area contributed by atoms with Crippen LogP contribution in [0.15, 0.2) is 0 Å². The molecular formula is C14H25NO3. The van der Waals surface area contributed by atoms with Crippen molar-refractivity contribution < 1.29 is 14.3 Å². The molecule has 2 atom stereocenters. The van der Waals surface area contributed by atoms with E-state index in [9.17, 15) is 9.59 Å². The molecule has 0 bridgehead atoms. The number of piperidine rings is 1. The fourth-order valence-corrected chi connectivity index (χ4v) is 2.41. The van der Waals surface area contributed by atoms with Gasteiger partial charge in [-0.1, -0.05) is 6.92 Å². The Kier molecular flexibility index (Phi) is 4.77. The predicted octanol–water partition coefficient (Wildman–Crippen LogP) is 3.00. The smallest absolute Gasteiger partial charge is 0.410 e. The Labute approximate surface area is 110 Å². The van der Waals surface area contributed by atoms with Gasteiger partial charge in [-0.3, -0.25) is 4.79 Å². The summed E-state index contributed by atoms with van der Waals surface area (Å²) in [4.78, 5) is 25.6. The van der Waals surface area contributed by atoms with Crippen LogP contribution < -0.4 is 0 Å². The molecule has 0 radical (unpaired) electrons. The van der Waals surface area contributed by atoms with Crippen molar-refractivity contribution in [2.24, 2.45) is 5.92 Å². The fraction of sp³-hybridized carbons (Fsp3) is 0.857. The van der Waals surface area contributed by atoms with Gasteiger partial charge in [0.25, 0.3) is 0 Å². The lowest BCUT2D eigenvalue weighted by Gasteiger charge is -2.39. The molecule has 104 valence electrons. The molecule has 0 aromatic carbocycles. The van der Waals surface area contributed by atoms with Crippen LogP contribution in [-0.2, 0) is 9.53 Å². The standard InChI is InChI=1S/C14H25NO3/c1-6-12(16)11-8-7-9-15(10(11)2)13(17)18-14(3,4)5/h10-11H,6-9H2,1-5H3/t10-,11-/m1/s1. The Balaban J connectivity index is 2.71. The molecular weight excluding hydrogens is 230 g/mol. The molecule has 1 aliphatic rings. The molecule has 1 amide bonds.